The van der Waals surface area contributed by atoms with E-state index < -0.39 is 98.5 Å². The summed E-state index contributed by atoms with van der Waals surface area (Å²) < 4.78 is 143. The monoisotopic (exact) mass is 552 g/mol. The van der Waals surface area contributed by atoms with Gasteiger partial charge in [-0.15, -0.1) is 0 Å². The molecule has 0 N–H and O–H groups in total. The van der Waals surface area contributed by atoms with Gasteiger partial charge in [-0.2, -0.15) is 4.39 Å². The van der Waals surface area contributed by atoms with Crippen LogP contribution >= 0.6 is 0 Å². The topological polar surface area (TPSA) is 27.7 Å². The first-order chi connectivity index (χ1) is 18.5. The van der Waals surface area contributed by atoms with E-state index in [2.05, 4.69) is 0 Å². The number of hydrogen-bond donors (Lipinski definition) is 0. The molecule has 0 fully saturated rings. The van der Waals surface area contributed by atoms with E-state index in [0.717, 1.165) is 24.3 Å². The van der Waals surface area contributed by atoms with Crippen LogP contribution in [-0.4, -0.2) is 7.32 Å². The van der Waals surface area contributed by atoms with E-state index >= 15 is 0 Å². The molecule has 0 radical (unpaired) electrons. The summed E-state index contributed by atoms with van der Waals surface area (Å²) in [6.07, 6.45) is 0. The molecule has 0 heterocycles. The van der Waals surface area contributed by atoms with Crippen LogP contribution in [0.4, 0.5) is 39.5 Å². The Morgan fingerprint density at radius 2 is 0.821 bits per heavy atom. The minimum absolute atomic E-state index is 0.205. The van der Waals surface area contributed by atoms with Gasteiger partial charge in [0, 0.05) is 35.0 Å². The van der Waals surface area contributed by atoms with E-state index in [9.17, 15) is 39.5 Å². The van der Waals surface area contributed by atoms with Gasteiger partial charge >= 0.3 is 7.32 Å². The van der Waals surface area contributed by atoms with Crippen molar-refractivity contribution in [3.05, 3.63) is 113 Å². The molecule has 13 heteroatoms. The molecule has 39 heavy (non-hydrogen) atoms. The Bertz CT molecular complexity index is 1660. The Morgan fingerprint density at radius 3 is 1.31 bits per heavy atom. The van der Waals surface area contributed by atoms with Crippen molar-refractivity contribution in [3.8, 4) is 17.2 Å². The zero-order valence-corrected chi connectivity index (χ0v) is 19.0. The van der Waals surface area contributed by atoms with Gasteiger partial charge in [-0.3, -0.25) is 0 Å². The summed E-state index contributed by atoms with van der Waals surface area (Å²) in [6.45, 7) is 0. The van der Waals surface area contributed by atoms with E-state index in [1.807, 2.05) is 0 Å². The van der Waals surface area contributed by atoms with Gasteiger partial charge in [0.05, 0.1) is 10.8 Å². The fourth-order valence-electron chi connectivity index (χ4n) is 3.87. The van der Waals surface area contributed by atoms with Crippen LogP contribution < -0.4 is 14.0 Å². The largest absolute Gasteiger partial charge is 0.864 e. The second-order valence-electron chi connectivity index (χ2n) is 8.05. The zero-order chi connectivity index (χ0) is 28.0. The number of halogens is 9. The molecule has 5 aromatic rings. The highest BCUT2D eigenvalue weighted by molar-refractivity contribution is 6.40. The SMILES string of the molecule is Fc1cc(F)c(F)c(OB(Oc2ccc(F)c3c(F)cc(F)cc23)Oc2ccc(F)c3c(F)cc(F)cc23)c1. The molecule has 0 atom stereocenters. The standard InChI is InChI=1S/C26H10BF9O3/c28-11-5-14-21(3-1-16(31)24(14)18(33)7-11)37-27(39-23-10-13(30)9-20(35)26(23)36)38-22-4-2-17(32)25-15(22)6-12(29)8-19(25)34/h1-10H. The van der Waals surface area contributed by atoms with Crippen molar-refractivity contribution in [2.45, 2.75) is 0 Å². The number of fused-ring (bicyclic) bond motifs is 2. The maximum Gasteiger partial charge on any atom is 0.864 e. The van der Waals surface area contributed by atoms with Crippen molar-refractivity contribution in [2.75, 3.05) is 0 Å². The lowest BCUT2D eigenvalue weighted by Crippen LogP contribution is -2.37. The summed E-state index contributed by atoms with van der Waals surface area (Å²) in [5.41, 5.74) is 0. The highest BCUT2D eigenvalue weighted by Gasteiger charge is 2.34. The van der Waals surface area contributed by atoms with Crippen LogP contribution in [0.2, 0.25) is 0 Å². The summed E-state index contributed by atoms with van der Waals surface area (Å²) in [5, 5.41) is -2.41. The summed E-state index contributed by atoms with van der Waals surface area (Å²) in [7, 11) is -2.30. The van der Waals surface area contributed by atoms with Crippen LogP contribution in [0.1, 0.15) is 0 Å². The molecule has 5 rings (SSSR count). The van der Waals surface area contributed by atoms with Crippen molar-refractivity contribution in [1.82, 2.24) is 0 Å². The highest BCUT2D eigenvalue weighted by Crippen LogP contribution is 2.34. The maximum atomic E-state index is 14.4. The minimum atomic E-state index is -2.30. The Kier molecular flexibility index (Phi) is 6.67. The second-order valence-corrected chi connectivity index (χ2v) is 8.05. The van der Waals surface area contributed by atoms with Crippen molar-refractivity contribution < 1.29 is 53.5 Å². The highest BCUT2D eigenvalue weighted by atomic mass is 19.2. The van der Waals surface area contributed by atoms with Gasteiger partial charge in [-0.1, -0.05) is 0 Å². The van der Waals surface area contributed by atoms with E-state index in [0.29, 0.717) is 30.3 Å². The first-order valence-electron chi connectivity index (χ1n) is 10.8. The van der Waals surface area contributed by atoms with E-state index in [4.69, 9.17) is 14.0 Å². The molecule has 0 unspecified atom stereocenters. The van der Waals surface area contributed by atoms with Crippen molar-refractivity contribution >= 4 is 28.9 Å². The molecule has 0 saturated heterocycles. The zero-order valence-electron chi connectivity index (χ0n) is 19.0. The molecule has 198 valence electrons. The number of hydrogen-bond acceptors (Lipinski definition) is 3. The maximum absolute atomic E-state index is 14.4. The van der Waals surface area contributed by atoms with Crippen LogP contribution in [0.15, 0.2) is 60.7 Å². The van der Waals surface area contributed by atoms with Crippen LogP contribution in [0, 0.1) is 52.4 Å². The van der Waals surface area contributed by atoms with Crippen molar-refractivity contribution in [3.63, 3.8) is 0 Å². The van der Waals surface area contributed by atoms with Crippen LogP contribution in [0.25, 0.3) is 21.5 Å². The first-order valence-corrected chi connectivity index (χ1v) is 10.8. The normalized spacial score (nSPS) is 11.2. The predicted molar refractivity (Wildman–Crippen MR) is 122 cm³/mol. The lowest BCUT2D eigenvalue weighted by molar-refractivity contribution is 0.298. The summed E-state index contributed by atoms with van der Waals surface area (Å²) in [6, 6.07) is 6.03. The lowest BCUT2D eigenvalue weighted by atomic mass is 10.1. The third-order valence-electron chi connectivity index (χ3n) is 5.51. The van der Waals surface area contributed by atoms with Crippen LogP contribution in [0.5, 0.6) is 17.2 Å². The van der Waals surface area contributed by atoms with E-state index in [1.54, 1.807) is 0 Å². The number of rotatable bonds is 6. The predicted octanol–water partition coefficient (Wildman–Crippen LogP) is 7.77. The minimum Gasteiger partial charge on any atom is -0.489 e. The molecule has 0 aliphatic rings. The van der Waals surface area contributed by atoms with Gasteiger partial charge < -0.3 is 14.0 Å². The van der Waals surface area contributed by atoms with Gasteiger partial charge in [-0.25, -0.2) is 35.1 Å². The molecule has 0 amide bonds. The van der Waals surface area contributed by atoms with Gasteiger partial charge in [0.25, 0.3) is 0 Å². The fourth-order valence-corrected chi connectivity index (χ4v) is 3.87. The molecule has 0 aliphatic heterocycles. The molecular formula is C26H10BF9O3. The Balaban J connectivity index is 1.64. The Hall–Kier alpha value is -4.55. The quantitative estimate of drug-likeness (QED) is 0.123. The van der Waals surface area contributed by atoms with Crippen LogP contribution in [0.3, 0.4) is 0 Å². The molecule has 0 saturated carbocycles. The summed E-state index contributed by atoms with van der Waals surface area (Å²) in [4.78, 5) is 0. The third-order valence-corrected chi connectivity index (χ3v) is 5.51. The molecule has 0 aliphatic carbocycles. The fraction of sp³-hybridized carbons (Fsp3) is 0. The molecule has 3 nitrogen and oxygen atoms in total. The van der Waals surface area contributed by atoms with E-state index in [-0.39, 0.29) is 6.07 Å². The molecule has 5 aromatic carbocycles. The van der Waals surface area contributed by atoms with Crippen molar-refractivity contribution in [1.29, 1.82) is 0 Å². The molecule has 0 spiro atoms. The second kappa shape index (κ2) is 9.97. The van der Waals surface area contributed by atoms with Gasteiger partial charge in [0.2, 0.25) is 0 Å². The lowest BCUT2D eigenvalue weighted by Gasteiger charge is -2.19. The third kappa shape index (κ3) is 4.99. The Labute approximate surface area is 213 Å². The summed E-state index contributed by atoms with van der Waals surface area (Å²) >= 11 is 0. The van der Waals surface area contributed by atoms with Gasteiger partial charge in [0.15, 0.2) is 11.6 Å². The average Bonchev–Trinajstić information content (AvgIpc) is 2.84. The molecular weight excluding hydrogens is 542 g/mol. The van der Waals surface area contributed by atoms with Crippen molar-refractivity contribution in [2.24, 2.45) is 0 Å². The van der Waals surface area contributed by atoms with E-state index in [1.165, 1.54) is 0 Å². The van der Waals surface area contributed by atoms with Gasteiger partial charge in [0.1, 0.15) is 58.0 Å². The average molecular weight is 552 g/mol. The number of benzene rings is 5. The molecule has 0 bridgehead atoms. The first kappa shape index (κ1) is 26.1. The smallest absolute Gasteiger partial charge is 0.489 e. The van der Waals surface area contributed by atoms with Crippen LogP contribution in [-0.2, 0) is 0 Å². The molecule has 0 aromatic heterocycles. The Morgan fingerprint density at radius 1 is 0.410 bits per heavy atom. The van der Waals surface area contributed by atoms with Gasteiger partial charge in [-0.05, 0) is 36.4 Å². The summed E-state index contributed by atoms with van der Waals surface area (Å²) in [5.74, 6) is -13.9.